The maximum Gasteiger partial charge on any atom is 0.184 e. The van der Waals surface area contributed by atoms with Crippen LogP contribution in [0.1, 0.15) is 10.4 Å². The first-order valence-corrected chi connectivity index (χ1v) is 7.83. The van der Waals surface area contributed by atoms with E-state index in [-0.39, 0.29) is 29.3 Å². The van der Waals surface area contributed by atoms with Crippen molar-refractivity contribution in [3.63, 3.8) is 0 Å². The molecule has 0 fully saturated rings. The van der Waals surface area contributed by atoms with E-state index in [2.05, 4.69) is 10.3 Å². The highest BCUT2D eigenvalue weighted by Crippen LogP contribution is 2.31. The van der Waals surface area contributed by atoms with E-state index in [1.165, 1.54) is 11.3 Å². The van der Waals surface area contributed by atoms with Gasteiger partial charge in [0.05, 0.1) is 18.4 Å². The molecule has 4 nitrogen and oxygen atoms in total. The van der Waals surface area contributed by atoms with Crippen LogP contribution in [0, 0.1) is 0 Å². The SMILES string of the molecule is Br.COc1cccc2sc(NCC(=O)c3ccc(Cl)cc3)nc12. The summed E-state index contributed by atoms with van der Waals surface area (Å²) in [7, 11) is 1.62. The summed E-state index contributed by atoms with van der Waals surface area (Å²) in [6, 6.07) is 12.6. The van der Waals surface area contributed by atoms with Crippen molar-refractivity contribution >= 4 is 61.1 Å². The molecular weight excluding hydrogens is 400 g/mol. The molecule has 0 bridgehead atoms. The molecule has 0 amide bonds. The van der Waals surface area contributed by atoms with Gasteiger partial charge in [-0.2, -0.15) is 0 Å². The number of carbonyl (C=O) groups excluding carboxylic acids is 1. The molecule has 120 valence electrons. The van der Waals surface area contributed by atoms with Crippen molar-refractivity contribution in [2.45, 2.75) is 0 Å². The number of thiazole rings is 1. The Morgan fingerprint density at radius 3 is 2.70 bits per heavy atom. The first-order chi connectivity index (χ1) is 10.7. The fourth-order valence-corrected chi connectivity index (χ4v) is 3.06. The molecule has 1 aromatic heterocycles. The molecule has 3 aromatic rings. The van der Waals surface area contributed by atoms with Crippen LogP contribution in [0.4, 0.5) is 5.13 Å². The largest absolute Gasteiger partial charge is 0.494 e. The summed E-state index contributed by atoms with van der Waals surface area (Å²) in [5.41, 5.74) is 1.42. The smallest absolute Gasteiger partial charge is 0.184 e. The number of benzene rings is 2. The predicted octanol–water partition coefficient (Wildman–Crippen LogP) is 4.83. The first-order valence-electron chi connectivity index (χ1n) is 6.63. The lowest BCUT2D eigenvalue weighted by Gasteiger charge is -2.02. The number of carbonyl (C=O) groups is 1. The lowest BCUT2D eigenvalue weighted by atomic mass is 10.1. The van der Waals surface area contributed by atoms with Crippen LogP contribution in [-0.4, -0.2) is 24.4 Å². The maximum absolute atomic E-state index is 12.1. The zero-order valence-corrected chi connectivity index (χ0v) is 15.5. The van der Waals surface area contributed by atoms with Gasteiger partial charge in [-0.3, -0.25) is 4.79 Å². The summed E-state index contributed by atoms with van der Waals surface area (Å²) in [6.45, 7) is 0.184. The van der Waals surface area contributed by atoms with Gasteiger partial charge in [0.2, 0.25) is 0 Å². The van der Waals surface area contributed by atoms with Gasteiger partial charge < -0.3 is 10.1 Å². The van der Waals surface area contributed by atoms with Crippen molar-refractivity contribution in [3.8, 4) is 5.75 Å². The normalized spacial score (nSPS) is 10.2. The van der Waals surface area contributed by atoms with Gasteiger partial charge in [0.25, 0.3) is 0 Å². The van der Waals surface area contributed by atoms with Crippen LogP contribution < -0.4 is 10.1 Å². The molecule has 0 unspecified atom stereocenters. The van der Waals surface area contributed by atoms with Crippen molar-refractivity contribution in [1.82, 2.24) is 4.98 Å². The molecular formula is C16H14BrClN2O2S. The van der Waals surface area contributed by atoms with Crippen LogP contribution in [0.2, 0.25) is 5.02 Å². The molecule has 0 aliphatic heterocycles. The molecule has 1 heterocycles. The Morgan fingerprint density at radius 1 is 1.26 bits per heavy atom. The number of fused-ring (bicyclic) bond motifs is 1. The Hall–Kier alpha value is -1.63. The number of Topliss-reactive ketones (excluding diaryl/α,β-unsaturated/α-hetero) is 1. The number of hydrogen-bond donors (Lipinski definition) is 1. The third kappa shape index (κ3) is 4.02. The average molecular weight is 414 g/mol. The number of halogens is 2. The first kappa shape index (κ1) is 17.7. The highest BCUT2D eigenvalue weighted by atomic mass is 79.9. The average Bonchev–Trinajstić information content (AvgIpc) is 2.96. The molecule has 0 saturated heterocycles. The Kier molecular flexibility index (Phi) is 5.98. The van der Waals surface area contributed by atoms with E-state index < -0.39 is 0 Å². The molecule has 23 heavy (non-hydrogen) atoms. The lowest BCUT2D eigenvalue weighted by Crippen LogP contribution is -2.13. The minimum absolute atomic E-state index is 0. The van der Waals surface area contributed by atoms with E-state index in [0.29, 0.717) is 15.7 Å². The predicted molar refractivity (Wildman–Crippen MR) is 101 cm³/mol. The summed E-state index contributed by atoms with van der Waals surface area (Å²) in [5, 5.41) is 4.38. The standard InChI is InChI=1S/C16H13ClN2O2S.BrH/c1-21-13-3-2-4-14-15(13)19-16(22-14)18-9-12(20)10-5-7-11(17)8-6-10;/h2-8H,9H2,1H3,(H,18,19);1H. The summed E-state index contributed by atoms with van der Waals surface area (Å²) >= 11 is 7.31. The molecule has 7 heteroatoms. The minimum atomic E-state index is -0.0112. The summed E-state index contributed by atoms with van der Waals surface area (Å²) in [6.07, 6.45) is 0. The van der Waals surface area contributed by atoms with E-state index in [9.17, 15) is 4.79 Å². The van der Waals surface area contributed by atoms with Gasteiger partial charge in [-0.25, -0.2) is 4.98 Å². The van der Waals surface area contributed by atoms with Gasteiger partial charge in [0.1, 0.15) is 11.3 Å². The van der Waals surface area contributed by atoms with Crippen LogP contribution in [0.15, 0.2) is 42.5 Å². The second-order valence-electron chi connectivity index (χ2n) is 4.61. The third-order valence-electron chi connectivity index (χ3n) is 3.17. The number of methoxy groups -OCH3 is 1. The molecule has 2 aromatic carbocycles. The number of aromatic nitrogens is 1. The van der Waals surface area contributed by atoms with Gasteiger partial charge in [-0.05, 0) is 36.4 Å². The Labute approximate surface area is 153 Å². The number of anilines is 1. The van der Waals surface area contributed by atoms with Crippen molar-refractivity contribution in [1.29, 1.82) is 0 Å². The number of ketones is 1. The molecule has 3 rings (SSSR count). The second-order valence-corrected chi connectivity index (χ2v) is 6.08. The number of ether oxygens (including phenoxy) is 1. The van der Waals surface area contributed by atoms with Crippen molar-refractivity contribution in [3.05, 3.63) is 53.1 Å². The topological polar surface area (TPSA) is 51.2 Å². The van der Waals surface area contributed by atoms with E-state index >= 15 is 0 Å². The number of hydrogen-bond acceptors (Lipinski definition) is 5. The molecule has 0 radical (unpaired) electrons. The lowest BCUT2D eigenvalue weighted by molar-refractivity contribution is 0.101. The summed E-state index contributed by atoms with van der Waals surface area (Å²) < 4.78 is 6.30. The number of nitrogens with one attached hydrogen (secondary N) is 1. The van der Waals surface area contributed by atoms with Gasteiger partial charge in [0.15, 0.2) is 10.9 Å². The molecule has 0 atom stereocenters. The van der Waals surface area contributed by atoms with Crippen molar-refractivity contribution < 1.29 is 9.53 Å². The number of para-hydroxylation sites is 1. The molecule has 0 aliphatic carbocycles. The van der Waals surface area contributed by atoms with Crippen LogP contribution in [0.25, 0.3) is 10.2 Å². The quantitative estimate of drug-likeness (QED) is 0.609. The summed E-state index contributed by atoms with van der Waals surface area (Å²) in [4.78, 5) is 16.6. The Bertz CT molecular complexity index is 821. The van der Waals surface area contributed by atoms with Crippen LogP contribution in [0.3, 0.4) is 0 Å². The Morgan fingerprint density at radius 2 is 2.00 bits per heavy atom. The van der Waals surface area contributed by atoms with Crippen molar-refractivity contribution in [2.24, 2.45) is 0 Å². The zero-order chi connectivity index (χ0) is 15.5. The molecule has 0 saturated carbocycles. The minimum Gasteiger partial charge on any atom is -0.494 e. The van der Waals surface area contributed by atoms with Crippen LogP contribution >= 0.6 is 39.9 Å². The van der Waals surface area contributed by atoms with E-state index in [4.69, 9.17) is 16.3 Å². The highest BCUT2D eigenvalue weighted by molar-refractivity contribution is 8.93. The number of nitrogens with zero attached hydrogens (tertiary/aromatic N) is 1. The molecule has 0 aliphatic rings. The van der Waals surface area contributed by atoms with Gasteiger partial charge in [0, 0.05) is 10.6 Å². The fraction of sp³-hybridized carbons (Fsp3) is 0.125. The van der Waals surface area contributed by atoms with E-state index in [1.54, 1.807) is 31.4 Å². The summed E-state index contributed by atoms with van der Waals surface area (Å²) in [5.74, 6) is 0.716. The molecule has 0 spiro atoms. The fourth-order valence-electron chi connectivity index (χ4n) is 2.06. The van der Waals surface area contributed by atoms with Crippen LogP contribution in [0.5, 0.6) is 5.75 Å². The van der Waals surface area contributed by atoms with E-state index in [1.807, 2.05) is 18.2 Å². The van der Waals surface area contributed by atoms with E-state index in [0.717, 1.165) is 16.0 Å². The highest BCUT2D eigenvalue weighted by Gasteiger charge is 2.10. The van der Waals surface area contributed by atoms with Gasteiger partial charge in [-0.15, -0.1) is 17.0 Å². The maximum atomic E-state index is 12.1. The van der Waals surface area contributed by atoms with Crippen LogP contribution in [-0.2, 0) is 0 Å². The van der Waals surface area contributed by atoms with Crippen molar-refractivity contribution in [2.75, 3.05) is 19.0 Å². The zero-order valence-electron chi connectivity index (χ0n) is 12.2. The second kappa shape index (κ2) is 7.77. The van der Waals surface area contributed by atoms with Gasteiger partial charge >= 0.3 is 0 Å². The molecule has 1 N–H and O–H groups in total. The van der Waals surface area contributed by atoms with Gasteiger partial charge in [-0.1, -0.05) is 29.0 Å². The monoisotopic (exact) mass is 412 g/mol. The third-order valence-corrected chi connectivity index (χ3v) is 4.40. The Balaban J connectivity index is 0.00000192. The number of rotatable bonds is 5.